The highest BCUT2D eigenvalue weighted by Crippen LogP contribution is 2.25. The highest BCUT2D eigenvalue weighted by molar-refractivity contribution is 7.17. The van der Waals surface area contributed by atoms with Gasteiger partial charge < -0.3 is 10.4 Å². The number of hydrogen-bond acceptors (Lipinski definition) is 6. The van der Waals surface area contributed by atoms with E-state index in [9.17, 15) is 19.7 Å². The number of nitro groups is 1. The first-order chi connectivity index (χ1) is 10.2. The van der Waals surface area contributed by atoms with Crippen LogP contribution in [0.15, 0.2) is 24.5 Å². The molecule has 2 aromatic rings. The molecule has 0 aliphatic heterocycles. The van der Waals surface area contributed by atoms with Crippen LogP contribution in [0.4, 0.5) is 10.7 Å². The third-order valence-electron chi connectivity index (χ3n) is 2.93. The summed E-state index contributed by atoms with van der Waals surface area (Å²) in [5.74, 6) is -1.59. The van der Waals surface area contributed by atoms with Crippen molar-refractivity contribution in [3.05, 3.63) is 39.5 Å². The number of aromatic nitrogens is 2. The van der Waals surface area contributed by atoms with Gasteiger partial charge in [0.25, 0.3) is 5.91 Å². The lowest BCUT2D eigenvalue weighted by molar-refractivity contribution is -0.380. The molecule has 2 N–H and O–H groups in total. The molecule has 1 amide bonds. The van der Waals surface area contributed by atoms with Crippen molar-refractivity contribution in [3.63, 3.8) is 0 Å². The van der Waals surface area contributed by atoms with Crippen LogP contribution in [0.5, 0.6) is 0 Å². The number of nitrogens with zero attached hydrogens (tertiary/aromatic N) is 3. The zero-order chi connectivity index (χ0) is 16.5. The molecule has 0 radical (unpaired) electrons. The van der Waals surface area contributed by atoms with E-state index in [2.05, 4.69) is 10.4 Å². The van der Waals surface area contributed by atoms with E-state index >= 15 is 0 Å². The molecule has 0 fully saturated rings. The summed E-state index contributed by atoms with van der Waals surface area (Å²) in [4.78, 5) is 33.3. The fraction of sp³-hybridized carbons (Fsp3) is 0.250. The van der Waals surface area contributed by atoms with Crippen LogP contribution in [0, 0.1) is 10.1 Å². The lowest BCUT2D eigenvalue weighted by Crippen LogP contribution is -2.35. The molecular weight excluding hydrogens is 312 g/mol. The summed E-state index contributed by atoms with van der Waals surface area (Å²) in [5, 5.41) is 26.0. The summed E-state index contributed by atoms with van der Waals surface area (Å²) in [6.07, 6.45) is 2.69. The van der Waals surface area contributed by atoms with Gasteiger partial charge in [0, 0.05) is 12.3 Å². The van der Waals surface area contributed by atoms with Crippen LogP contribution in [0.2, 0.25) is 0 Å². The summed E-state index contributed by atoms with van der Waals surface area (Å²) in [7, 11) is 0. The second kappa shape index (κ2) is 5.56. The van der Waals surface area contributed by atoms with Crippen LogP contribution in [-0.4, -0.2) is 31.7 Å². The van der Waals surface area contributed by atoms with E-state index in [0.717, 1.165) is 11.3 Å². The van der Waals surface area contributed by atoms with Gasteiger partial charge in [0.2, 0.25) is 0 Å². The highest BCUT2D eigenvalue weighted by Gasteiger charge is 2.30. The van der Waals surface area contributed by atoms with Gasteiger partial charge in [-0.2, -0.15) is 5.10 Å². The number of carbonyl (C=O) groups is 2. The fourth-order valence-electron chi connectivity index (χ4n) is 1.53. The summed E-state index contributed by atoms with van der Waals surface area (Å²) < 4.78 is 1.21. The molecular formula is C12H12N4O5S. The largest absolute Gasteiger partial charge is 0.479 e. The van der Waals surface area contributed by atoms with Gasteiger partial charge in [0.15, 0.2) is 5.54 Å². The molecule has 0 aliphatic rings. The first kappa shape index (κ1) is 15.6. The number of nitrogens with one attached hydrogen (secondary N) is 1. The molecule has 116 valence electrons. The van der Waals surface area contributed by atoms with Crippen LogP contribution < -0.4 is 5.32 Å². The molecule has 2 heterocycles. The monoisotopic (exact) mass is 324 g/mol. The number of aliphatic carboxylic acids is 1. The summed E-state index contributed by atoms with van der Waals surface area (Å²) in [5.41, 5.74) is -0.958. The van der Waals surface area contributed by atoms with Gasteiger partial charge in [-0.25, -0.2) is 4.79 Å². The van der Waals surface area contributed by atoms with Crippen LogP contribution in [0.25, 0.3) is 0 Å². The lowest BCUT2D eigenvalue weighted by atomic mass is 10.1. The first-order valence-corrected chi connectivity index (χ1v) is 6.87. The summed E-state index contributed by atoms with van der Waals surface area (Å²) in [6, 6.07) is 2.60. The number of thiophene rings is 1. The van der Waals surface area contributed by atoms with Crippen LogP contribution >= 0.6 is 11.3 Å². The van der Waals surface area contributed by atoms with Crippen molar-refractivity contribution in [2.24, 2.45) is 0 Å². The molecule has 0 aromatic carbocycles. The third-order valence-corrected chi connectivity index (χ3v) is 3.97. The smallest absolute Gasteiger partial charge is 0.331 e. The Hall–Kier alpha value is -2.75. The number of hydrogen-bond donors (Lipinski definition) is 2. The Morgan fingerprint density at radius 1 is 1.45 bits per heavy atom. The Kier molecular flexibility index (Phi) is 3.95. The van der Waals surface area contributed by atoms with Gasteiger partial charge in [0.05, 0.1) is 21.7 Å². The van der Waals surface area contributed by atoms with Crippen LogP contribution in [-0.2, 0) is 10.3 Å². The number of anilines is 1. The molecule has 9 nitrogen and oxygen atoms in total. The van der Waals surface area contributed by atoms with Crippen molar-refractivity contribution in [2.45, 2.75) is 19.4 Å². The maximum Gasteiger partial charge on any atom is 0.331 e. The average molecular weight is 324 g/mol. The second-order valence-corrected chi connectivity index (χ2v) is 5.95. The van der Waals surface area contributed by atoms with E-state index in [1.54, 1.807) is 0 Å². The zero-order valence-electron chi connectivity index (χ0n) is 11.6. The van der Waals surface area contributed by atoms with Gasteiger partial charge in [-0.05, 0) is 19.9 Å². The lowest BCUT2D eigenvalue weighted by Gasteiger charge is -2.19. The van der Waals surface area contributed by atoms with E-state index in [4.69, 9.17) is 5.11 Å². The number of amides is 1. The predicted molar refractivity (Wildman–Crippen MR) is 78.1 cm³/mol. The van der Waals surface area contributed by atoms with Crippen molar-refractivity contribution in [1.82, 2.24) is 9.78 Å². The third kappa shape index (κ3) is 2.96. The number of rotatable bonds is 5. The molecule has 0 saturated carbocycles. The topological polar surface area (TPSA) is 127 Å². The fourth-order valence-corrected chi connectivity index (χ4v) is 2.25. The van der Waals surface area contributed by atoms with E-state index in [-0.39, 0.29) is 9.88 Å². The Labute approximate surface area is 128 Å². The van der Waals surface area contributed by atoms with Gasteiger partial charge in [-0.1, -0.05) is 11.3 Å². The van der Waals surface area contributed by atoms with Crippen molar-refractivity contribution in [1.29, 1.82) is 0 Å². The molecule has 0 spiro atoms. The summed E-state index contributed by atoms with van der Waals surface area (Å²) >= 11 is 0.753. The van der Waals surface area contributed by atoms with E-state index in [1.807, 2.05) is 0 Å². The molecule has 0 bridgehead atoms. The normalized spacial score (nSPS) is 11.2. The minimum absolute atomic E-state index is 0.132. The Morgan fingerprint density at radius 2 is 2.14 bits per heavy atom. The average Bonchev–Trinajstić information content (AvgIpc) is 3.07. The Balaban J connectivity index is 2.14. The second-order valence-electron chi connectivity index (χ2n) is 4.89. The van der Waals surface area contributed by atoms with Gasteiger partial charge in [-0.3, -0.25) is 19.6 Å². The van der Waals surface area contributed by atoms with Gasteiger partial charge >= 0.3 is 11.0 Å². The van der Waals surface area contributed by atoms with E-state index in [0.29, 0.717) is 5.69 Å². The van der Waals surface area contributed by atoms with Gasteiger partial charge in [0.1, 0.15) is 0 Å². The summed E-state index contributed by atoms with van der Waals surface area (Å²) in [6.45, 7) is 2.94. The molecule has 10 heteroatoms. The molecule has 2 rings (SSSR count). The van der Waals surface area contributed by atoms with Crippen molar-refractivity contribution in [2.75, 3.05) is 5.32 Å². The van der Waals surface area contributed by atoms with Gasteiger partial charge in [-0.15, -0.1) is 0 Å². The zero-order valence-corrected chi connectivity index (χ0v) is 12.5. The molecule has 2 aromatic heterocycles. The maximum atomic E-state index is 12.0. The van der Waals surface area contributed by atoms with Crippen LogP contribution in [0.3, 0.4) is 0 Å². The standard InChI is InChI=1S/C12H12N4O5S/c1-12(2,11(18)19)15-6-7(5-13-15)14-10(17)8-3-4-9(22-8)16(20)21/h3-6H,1-2H3,(H,14,17)(H,18,19). The number of carboxylic acids is 1. The molecule has 0 unspecified atom stereocenters. The highest BCUT2D eigenvalue weighted by atomic mass is 32.1. The molecule has 22 heavy (non-hydrogen) atoms. The van der Waals surface area contributed by atoms with Crippen molar-refractivity contribution >= 4 is 33.9 Å². The van der Waals surface area contributed by atoms with Crippen molar-refractivity contribution < 1.29 is 19.6 Å². The minimum atomic E-state index is -1.26. The SMILES string of the molecule is CC(C)(C(=O)O)n1cc(NC(=O)c2ccc([N+](=O)[O-])s2)cn1. The molecule has 0 atom stereocenters. The Bertz CT molecular complexity index is 748. The quantitative estimate of drug-likeness (QED) is 0.639. The van der Waals surface area contributed by atoms with Crippen LogP contribution in [0.1, 0.15) is 23.5 Å². The predicted octanol–water partition coefficient (Wildman–Crippen LogP) is 1.92. The van der Waals surface area contributed by atoms with Crippen molar-refractivity contribution in [3.8, 4) is 0 Å². The Morgan fingerprint density at radius 3 is 2.68 bits per heavy atom. The van der Waals surface area contributed by atoms with E-state index < -0.39 is 22.3 Å². The number of carboxylic acid groups (broad SMARTS) is 1. The minimum Gasteiger partial charge on any atom is -0.479 e. The maximum absolute atomic E-state index is 12.0. The first-order valence-electron chi connectivity index (χ1n) is 6.06. The number of carbonyl (C=O) groups excluding carboxylic acids is 1. The van der Waals surface area contributed by atoms with E-state index in [1.165, 1.54) is 43.1 Å². The molecule has 0 saturated heterocycles. The molecule has 0 aliphatic carbocycles.